The molecule has 156 valence electrons. The molecule has 1 aromatic carbocycles. The average Bonchev–Trinajstić information content (AvgIpc) is 3.22. The van der Waals surface area contributed by atoms with Crippen molar-refractivity contribution in [2.75, 3.05) is 34.4 Å². The molecule has 28 heavy (non-hydrogen) atoms. The van der Waals surface area contributed by atoms with Gasteiger partial charge in [0, 0.05) is 44.2 Å². The van der Waals surface area contributed by atoms with Gasteiger partial charge >= 0.3 is 0 Å². The van der Waals surface area contributed by atoms with Gasteiger partial charge in [-0.25, -0.2) is 4.99 Å². The number of methoxy groups -OCH3 is 3. The fourth-order valence-electron chi connectivity index (χ4n) is 2.61. The van der Waals surface area contributed by atoms with Gasteiger partial charge in [-0.3, -0.25) is 4.68 Å². The van der Waals surface area contributed by atoms with Crippen molar-refractivity contribution >= 4 is 29.9 Å². The minimum Gasteiger partial charge on any atom is -0.496 e. The number of aliphatic imine (C=N–C) groups is 1. The van der Waals surface area contributed by atoms with Crippen molar-refractivity contribution in [1.29, 1.82) is 0 Å². The van der Waals surface area contributed by atoms with E-state index in [1.165, 1.54) is 0 Å². The predicted octanol–water partition coefficient (Wildman–Crippen LogP) is 2.67. The molecule has 0 radical (unpaired) electrons. The summed E-state index contributed by atoms with van der Waals surface area (Å²) in [6.07, 6.45) is 4.69. The summed E-state index contributed by atoms with van der Waals surface area (Å²) in [4.78, 5) is 4.66. The zero-order valence-electron chi connectivity index (χ0n) is 16.9. The van der Waals surface area contributed by atoms with Crippen molar-refractivity contribution in [3.8, 4) is 17.2 Å². The Balaban J connectivity index is 0.00000392. The van der Waals surface area contributed by atoms with Crippen LogP contribution in [0.3, 0.4) is 0 Å². The molecule has 0 saturated heterocycles. The zero-order chi connectivity index (χ0) is 19.5. The van der Waals surface area contributed by atoms with Crippen molar-refractivity contribution < 1.29 is 14.2 Å². The molecule has 0 aliphatic heterocycles. The highest BCUT2D eigenvalue weighted by Crippen LogP contribution is 2.34. The number of hydrogen-bond donors (Lipinski definition) is 2. The van der Waals surface area contributed by atoms with E-state index in [9.17, 15) is 0 Å². The Labute approximate surface area is 183 Å². The molecular weight excluding hydrogens is 473 g/mol. The molecule has 2 rings (SSSR count). The van der Waals surface area contributed by atoms with Crippen molar-refractivity contribution in [2.24, 2.45) is 4.99 Å². The Hall–Kier alpha value is -2.17. The molecule has 2 aromatic rings. The molecule has 0 atom stereocenters. The lowest BCUT2D eigenvalue weighted by Crippen LogP contribution is -2.38. The number of ether oxygens (including phenoxy) is 3. The van der Waals surface area contributed by atoms with Gasteiger partial charge in [0.1, 0.15) is 17.2 Å². The molecular formula is C19H30IN5O3. The fourth-order valence-corrected chi connectivity index (χ4v) is 2.61. The van der Waals surface area contributed by atoms with Crippen molar-refractivity contribution in [2.45, 2.75) is 26.4 Å². The number of aromatic nitrogens is 2. The van der Waals surface area contributed by atoms with Gasteiger partial charge in [-0.1, -0.05) is 0 Å². The van der Waals surface area contributed by atoms with Gasteiger partial charge in [0.05, 0.1) is 33.4 Å². The Morgan fingerprint density at radius 3 is 2.36 bits per heavy atom. The summed E-state index contributed by atoms with van der Waals surface area (Å²) >= 11 is 0. The number of benzene rings is 1. The smallest absolute Gasteiger partial charge is 0.191 e. The monoisotopic (exact) mass is 503 g/mol. The summed E-state index contributed by atoms with van der Waals surface area (Å²) in [6, 6.07) is 5.59. The number of rotatable bonds is 10. The van der Waals surface area contributed by atoms with Crippen LogP contribution >= 0.6 is 24.0 Å². The minimum atomic E-state index is 0. The van der Waals surface area contributed by atoms with Crippen LogP contribution in [-0.2, 0) is 13.1 Å². The van der Waals surface area contributed by atoms with Crippen molar-refractivity contribution in [3.63, 3.8) is 0 Å². The Bertz CT molecular complexity index is 697. The van der Waals surface area contributed by atoms with Crippen LogP contribution < -0.4 is 24.8 Å². The molecule has 8 nitrogen and oxygen atoms in total. The molecule has 0 saturated carbocycles. The van der Waals surface area contributed by atoms with E-state index in [1.807, 2.05) is 36.0 Å². The van der Waals surface area contributed by atoms with Crippen molar-refractivity contribution in [1.82, 2.24) is 20.4 Å². The fraction of sp³-hybridized carbons (Fsp3) is 0.474. The molecule has 0 fully saturated rings. The van der Waals surface area contributed by atoms with E-state index in [0.29, 0.717) is 23.8 Å². The Kier molecular flexibility index (Phi) is 11.2. The van der Waals surface area contributed by atoms with Crippen LogP contribution in [0.25, 0.3) is 0 Å². The molecule has 0 unspecified atom stereocenters. The van der Waals surface area contributed by atoms with Crippen LogP contribution in [0, 0.1) is 0 Å². The average molecular weight is 503 g/mol. The van der Waals surface area contributed by atoms with E-state index >= 15 is 0 Å². The third kappa shape index (κ3) is 7.10. The highest BCUT2D eigenvalue weighted by atomic mass is 127. The van der Waals surface area contributed by atoms with Gasteiger partial charge in [0.25, 0.3) is 0 Å². The lowest BCUT2D eigenvalue weighted by molar-refractivity contribution is 0.369. The summed E-state index contributed by atoms with van der Waals surface area (Å²) in [6.45, 7) is 4.89. The number of guanidine groups is 1. The highest BCUT2D eigenvalue weighted by molar-refractivity contribution is 14.0. The summed E-state index contributed by atoms with van der Waals surface area (Å²) in [7, 11) is 4.86. The summed E-state index contributed by atoms with van der Waals surface area (Å²) in [5, 5.41) is 10.8. The van der Waals surface area contributed by atoms with Gasteiger partial charge in [0.15, 0.2) is 5.96 Å². The quantitative estimate of drug-likeness (QED) is 0.225. The van der Waals surface area contributed by atoms with Crippen LogP contribution in [0.15, 0.2) is 35.6 Å². The molecule has 1 heterocycles. The number of aryl methyl sites for hydroxylation is 1. The first kappa shape index (κ1) is 23.9. The van der Waals surface area contributed by atoms with Crippen molar-refractivity contribution in [3.05, 3.63) is 36.2 Å². The topological polar surface area (TPSA) is 81.9 Å². The van der Waals surface area contributed by atoms with Crippen LogP contribution in [0.2, 0.25) is 0 Å². The molecule has 9 heteroatoms. The second-order valence-electron chi connectivity index (χ2n) is 5.76. The van der Waals surface area contributed by atoms with Gasteiger partial charge < -0.3 is 24.8 Å². The molecule has 2 N–H and O–H groups in total. The number of nitrogens with zero attached hydrogens (tertiary/aromatic N) is 3. The van der Waals surface area contributed by atoms with Gasteiger partial charge in [-0.15, -0.1) is 24.0 Å². The van der Waals surface area contributed by atoms with Crippen LogP contribution in [0.1, 0.15) is 18.9 Å². The van der Waals surface area contributed by atoms with Crippen LogP contribution in [0.4, 0.5) is 0 Å². The third-order valence-electron chi connectivity index (χ3n) is 3.97. The molecule has 0 aliphatic carbocycles. The van der Waals surface area contributed by atoms with Crippen LogP contribution in [0.5, 0.6) is 17.2 Å². The third-order valence-corrected chi connectivity index (χ3v) is 3.97. The second kappa shape index (κ2) is 13.1. The SMILES string of the molecule is CCNC(=NCc1c(OC)cc(OC)cc1OC)NCCCn1cccn1.I. The lowest BCUT2D eigenvalue weighted by Gasteiger charge is -2.15. The molecule has 0 aliphatic rings. The number of nitrogens with one attached hydrogen (secondary N) is 2. The lowest BCUT2D eigenvalue weighted by atomic mass is 10.1. The highest BCUT2D eigenvalue weighted by Gasteiger charge is 2.13. The molecule has 1 aromatic heterocycles. The van der Waals surface area contributed by atoms with E-state index < -0.39 is 0 Å². The zero-order valence-corrected chi connectivity index (χ0v) is 19.2. The summed E-state index contributed by atoms with van der Waals surface area (Å²) < 4.78 is 18.2. The molecule has 0 amide bonds. The van der Waals surface area contributed by atoms with E-state index in [2.05, 4.69) is 20.7 Å². The van der Waals surface area contributed by atoms with E-state index in [-0.39, 0.29) is 24.0 Å². The van der Waals surface area contributed by atoms with Crippen LogP contribution in [-0.4, -0.2) is 50.2 Å². The molecule has 0 bridgehead atoms. The normalized spacial score (nSPS) is 10.8. The summed E-state index contributed by atoms with van der Waals surface area (Å²) in [5.41, 5.74) is 0.870. The first-order valence-electron chi connectivity index (χ1n) is 9.00. The first-order chi connectivity index (χ1) is 13.2. The van der Waals surface area contributed by atoms with Gasteiger partial charge in [-0.2, -0.15) is 5.10 Å². The van der Waals surface area contributed by atoms with Gasteiger partial charge in [0.2, 0.25) is 0 Å². The predicted molar refractivity (Wildman–Crippen MR) is 121 cm³/mol. The maximum atomic E-state index is 5.48. The second-order valence-corrected chi connectivity index (χ2v) is 5.76. The van der Waals surface area contributed by atoms with E-state index in [1.54, 1.807) is 27.5 Å². The summed E-state index contributed by atoms with van der Waals surface area (Å²) in [5.74, 6) is 2.80. The minimum absolute atomic E-state index is 0. The standard InChI is InChI=1S/C19H29N5O3.HI/c1-5-20-19(21-8-6-10-24-11-7-9-23-24)22-14-16-17(26-3)12-15(25-2)13-18(16)27-4;/h7,9,11-13H,5-6,8,10,14H2,1-4H3,(H2,20,21,22);1H. The maximum Gasteiger partial charge on any atom is 0.191 e. The largest absolute Gasteiger partial charge is 0.496 e. The number of hydrogen-bond acceptors (Lipinski definition) is 5. The van der Waals surface area contributed by atoms with Gasteiger partial charge in [-0.05, 0) is 19.4 Å². The first-order valence-corrected chi connectivity index (χ1v) is 9.00. The Morgan fingerprint density at radius 1 is 1.11 bits per heavy atom. The van der Waals surface area contributed by atoms with E-state index in [0.717, 1.165) is 37.6 Å². The Morgan fingerprint density at radius 2 is 1.82 bits per heavy atom. The molecule has 0 spiro atoms. The van der Waals surface area contributed by atoms with E-state index in [4.69, 9.17) is 14.2 Å². The maximum absolute atomic E-state index is 5.48. The number of halogens is 1.